The first kappa shape index (κ1) is 10.5. The van der Waals surface area contributed by atoms with Gasteiger partial charge in [-0.15, -0.1) is 5.10 Å². The SMILES string of the molecule is O=C(O)C1COCCN1Cc1cnns1. The molecule has 1 aromatic rings. The Balaban J connectivity index is 2.02. The third-order valence-electron chi connectivity index (χ3n) is 2.29. The molecular weight excluding hydrogens is 218 g/mol. The van der Waals surface area contributed by atoms with Crippen molar-refractivity contribution in [2.24, 2.45) is 0 Å². The highest BCUT2D eigenvalue weighted by Crippen LogP contribution is 2.13. The predicted molar refractivity (Wildman–Crippen MR) is 52.6 cm³/mol. The lowest BCUT2D eigenvalue weighted by Crippen LogP contribution is -2.49. The molecule has 1 aliphatic heterocycles. The number of carbonyl (C=O) groups is 1. The van der Waals surface area contributed by atoms with E-state index in [2.05, 4.69) is 9.59 Å². The number of ether oxygens (including phenoxy) is 1. The van der Waals surface area contributed by atoms with Gasteiger partial charge >= 0.3 is 5.97 Å². The molecule has 1 N–H and O–H groups in total. The minimum Gasteiger partial charge on any atom is -0.480 e. The number of rotatable bonds is 3. The number of carboxylic acids is 1. The normalized spacial score (nSPS) is 22.8. The van der Waals surface area contributed by atoms with Crippen LogP contribution < -0.4 is 0 Å². The minimum atomic E-state index is -0.841. The smallest absolute Gasteiger partial charge is 0.323 e. The van der Waals surface area contributed by atoms with Gasteiger partial charge in [-0.25, -0.2) is 0 Å². The van der Waals surface area contributed by atoms with Crippen LogP contribution >= 0.6 is 11.5 Å². The molecule has 0 bridgehead atoms. The summed E-state index contributed by atoms with van der Waals surface area (Å²) in [5.41, 5.74) is 0. The fourth-order valence-electron chi connectivity index (χ4n) is 1.51. The van der Waals surface area contributed by atoms with E-state index in [1.165, 1.54) is 11.5 Å². The number of nitrogens with zero attached hydrogens (tertiary/aromatic N) is 3. The highest BCUT2D eigenvalue weighted by atomic mass is 32.1. The quantitative estimate of drug-likeness (QED) is 0.775. The van der Waals surface area contributed by atoms with Gasteiger partial charge in [0, 0.05) is 13.1 Å². The van der Waals surface area contributed by atoms with Crippen molar-refractivity contribution < 1.29 is 14.6 Å². The molecule has 2 heterocycles. The van der Waals surface area contributed by atoms with E-state index in [0.717, 1.165) is 4.88 Å². The van der Waals surface area contributed by atoms with Gasteiger partial charge in [-0.1, -0.05) is 4.49 Å². The molecule has 0 radical (unpaired) electrons. The zero-order chi connectivity index (χ0) is 10.7. The average Bonchev–Trinajstić information content (AvgIpc) is 2.71. The molecule has 0 amide bonds. The Morgan fingerprint density at radius 1 is 1.80 bits per heavy atom. The minimum absolute atomic E-state index is 0.252. The Labute approximate surface area is 90.6 Å². The number of morpholine rings is 1. The molecule has 1 saturated heterocycles. The lowest BCUT2D eigenvalue weighted by molar-refractivity contribution is -0.150. The van der Waals surface area contributed by atoms with Crippen LogP contribution in [0, 0.1) is 0 Å². The van der Waals surface area contributed by atoms with Crippen molar-refractivity contribution in [3.63, 3.8) is 0 Å². The summed E-state index contributed by atoms with van der Waals surface area (Å²) in [6.45, 7) is 2.05. The monoisotopic (exact) mass is 229 g/mol. The second-order valence-corrected chi connectivity index (χ2v) is 4.15. The lowest BCUT2D eigenvalue weighted by Gasteiger charge is -2.32. The van der Waals surface area contributed by atoms with E-state index >= 15 is 0 Å². The van der Waals surface area contributed by atoms with E-state index in [9.17, 15) is 4.79 Å². The van der Waals surface area contributed by atoms with E-state index in [4.69, 9.17) is 9.84 Å². The van der Waals surface area contributed by atoms with Crippen LogP contribution in [0.4, 0.5) is 0 Å². The van der Waals surface area contributed by atoms with Gasteiger partial charge in [-0.2, -0.15) is 0 Å². The molecule has 0 aromatic carbocycles. The molecule has 1 aliphatic rings. The molecule has 1 atom stereocenters. The zero-order valence-corrected chi connectivity index (χ0v) is 8.81. The molecule has 2 rings (SSSR count). The van der Waals surface area contributed by atoms with Gasteiger partial charge in [0.15, 0.2) is 0 Å². The number of hydrogen-bond acceptors (Lipinski definition) is 6. The predicted octanol–water partition coefficient (Wildman–Crippen LogP) is -0.177. The van der Waals surface area contributed by atoms with Gasteiger partial charge in [-0.3, -0.25) is 9.69 Å². The fraction of sp³-hybridized carbons (Fsp3) is 0.625. The Bertz CT molecular complexity index is 330. The first-order valence-corrected chi connectivity index (χ1v) is 5.35. The van der Waals surface area contributed by atoms with E-state index < -0.39 is 12.0 Å². The first-order chi connectivity index (χ1) is 7.27. The first-order valence-electron chi connectivity index (χ1n) is 4.58. The number of carboxylic acid groups (broad SMARTS) is 1. The number of hydrogen-bond donors (Lipinski definition) is 1. The van der Waals surface area contributed by atoms with Crippen LogP contribution in [0.25, 0.3) is 0 Å². The summed E-state index contributed by atoms with van der Waals surface area (Å²) in [6.07, 6.45) is 1.67. The number of aliphatic carboxylic acids is 1. The molecule has 82 valence electrons. The second-order valence-electron chi connectivity index (χ2n) is 3.28. The van der Waals surface area contributed by atoms with E-state index in [0.29, 0.717) is 19.7 Å². The van der Waals surface area contributed by atoms with Gasteiger partial charge in [0.05, 0.1) is 24.3 Å². The maximum atomic E-state index is 10.9. The Morgan fingerprint density at radius 2 is 2.67 bits per heavy atom. The van der Waals surface area contributed by atoms with Crippen LogP contribution in [-0.4, -0.2) is 51.4 Å². The van der Waals surface area contributed by atoms with Crippen LogP contribution in [0.3, 0.4) is 0 Å². The molecule has 7 heteroatoms. The van der Waals surface area contributed by atoms with Gasteiger partial charge in [0.25, 0.3) is 0 Å². The van der Waals surface area contributed by atoms with Crippen LogP contribution in [0.1, 0.15) is 4.88 Å². The molecule has 1 aromatic heterocycles. The summed E-state index contributed by atoms with van der Waals surface area (Å²) < 4.78 is 8.89. The van der Waals surface area contributed by atoms with Gasteiger partial charge in [0.2, 0.25) is 0 Å². The summed E-state index contributed by atoms with van der Waals surface area (Å²) in [4.78, 5) is 13.8. The Kier molecular flexibility index (Phi) is 3.24. The molecule has 0 saturated carbocycles. The van der Waals surface area contributed by atoms with Crippen LogP contribution in [0.15, 0.2) is 6.20 Å². The summed E-state index contributed by atoms with van der Waals surface area (Å²) in [7, 11) is 0. The molecule has 1 unspecified atom stereocenters. The maximum Gasteiger partial charge on any atom is 0.323 e. The van der Waals surface area contributed by atoms with Crippen LogP contribution in [0.5, 0.6) is 0 Å². The highest BCUT2D eigenvalue weighted by molar-refractivity contribution is 7.05. The van der Waals surface area contributed by atoms with Crippen LogP contribution in [0.2, 0.25) is 0 Å². The Hall–Kier alpha value is -1.05. The zero-order valence-electron chi connectivity index (χ0n) is 8.00. The fourth-order valence-corrected chi connectivity index (χ4v) is 2.03. The maximum absolute atomic E-state index is 10.9. The summed E-state index contributed by atoms with van der Waals surface area (Å²) in [5.74, 6) is -0.841. The molecule has 15 heavy (non-hydrogen) atoms. The molecule has 1 fully saturated rings. The van der Waals surface area contributed by atoms with E-state index in [1.54, 1.807) is 6.20 Å². The largest absolute Gasteiger partial charge is 0.480 e. The van der Waals surface area contributed by atoms with Crippen molar-refractivity contribution >= 4 is 17.5 Å². The Morgan fingerprint density at radius 3 is 3.33 bits per heavy atom. The molecular formula is C8H11N3O3S. The standard InChI is InChI=1S/C8H11N3O3S/c12-8(13)7-5-14-2-1-11(7)4-6-3-9-10-15-6/h3,7H,1-2,4-5H2,(H,12,13). The topological polar surface area (TPSA) is 75.6 Å². The van der Waals surface area contributed by atoms with Crippen molar-refractivity contribution in [1.29, 1.82) is 0 Å². The van der Waals surface area contributed by atoms with Crippen LogP contribution in [-0.2, 0) is 16.1 Å². The van der Waals surface area contributed by atoms with Crippen molar-refractivity contribution in [2.45, 2.75) is 12.6 Å². The third kappa shape index (κ3) is 2.49. The van der Waals surface area contributed by atoms with Gasteiger partial charge in [-0.05, 0) is 11.5 Å². The average molecular weight is 229 g/mol. The molecule has 6 nitrogen and oxygen atoms in total. The van der Waals surface area contributed by atoms with Crippen molar-refractivity contribution in [1.82, 2.24) is 14.5 Å². The molecule has 0 spiro atoms. The van der Waals surface area contributed by atoms with E-state index in [1.807, 2.05) is 4.90 Å². The summed E-state index contributed by atoms with van der Waals surface area (Å²) >= 11 is 1.29. The molecule has 0 aliphatic carbocycles. The highest BCUT2D eigenvalue weighted by Gasteiger charge is 2.29. The lowest BCUT2D eigenvalue weighted by atomic mass is 10.2. The van der Waals surface area contributed by atoms with Crippen molar-refractivity contribution in [3.05, 3.63) is 11.1 Å². The third-order valence-corrected chi connectivity index (χ3v) is 2.94. The van der Waals surface area contributed by atoms with Crippen molar-refractivity contribution in [2.75, 3.05) is 19.8 Å². The van der Waals surface area contributed by atoms with E-state index in [-0.39, 0.29) is 6.61 Å². The summed E-state index contributed by atoms with van der Waals surface area (Å²) in [5, 5.41) is 12.7. The van der Waals surface area contributed by atoms with Gasteiger partial charge < -0.3 is 9.84 Å². The number of aromatic nitrogens is 2. The second kappa shape index (κ2) is 4.65. The summed E-state index contributed by atoms with van der Waals surface area (Å²) in [6, 6.07) is -0.555. The van der Waals surface area contributed by atoms with Crippen molar-refractivity contribution in [3.8, 4) is 0 Å². The van der Waals surface area contributed by atoms with Gasteiger partial charge in [0.1, 0.15) is 6.04 Å².